The number of aliphatic imine (C=N–C) groups is 1. The monoisotopic (exact) mass is 297 g/mol. The van der Waals surface area contributed by atoms with E-state index in [0.717, 1.165) is 22.3 Å². The molecule has 1 aliphatic rings. The fourth-order valence-corrected chi connectivity index (χ4v) is 2.52. The van der Waals surface area contributed by atoms with Crippen molar-refractivity contribution in [3.8, 4) is 5.75 Å². The molecule has 0 saturated heterocycles. The molecule has 0 aromatic heterocycles. The number of rotatable bonds is 3. The van der Waals surface area contributed by atoms with E-state index in [9.17, 15) is 0 Å². The van der Waals surface area contributed by atoms with Crippen LogP contribution in [0.2, 0.25) is 0 Å². The third kappa shape index (κ3) is 2.24. The molecule has 0 radical (unpaired) electrons. The topological polar surface area (TPSA) is 50.8 Å². The van der Waals surface area contributed by atoms with Crippen molar-refractivity contribution in [3.05, 3.63) is 28.2 Å². The van der Waals surface area contributed by atoms with Crippen LogP contribution in [0, 0.1) is 0 Å². The summed E-state index contributed by atoms with van der Waals surface area (Å²) >= 11 is 3.49. The van der Waals surface area contributed by atoms with Gasteiger partial charge in [0.2, 0.25) is 0 Å². The number of benzene rings is 1. The molecule has 0 amide bonds. The molecule has 1 aliphatic heterocycles. The third-order valence-corrected chi connectivity index (χ3v) is 3.48. The second-order valence-corrected chi connectivity index (χ2v) is 4.80. The maximum Gasteiger partial charge on any atom is 0.191 e. The SMILES string of the molecule is CCN1C(N)=NCC1c1cc(Br)ccc1OC. The van der Waals surface area contributed by atoms with Crippen molar-refractivity contribution < 1.29 is 4.74 Å². The first-order chi connectivity index (χ1) is 8.17. The van der Waals surface area contributed by atoms with Gasteiger partial charge in [0.1, 0.15) is 5.75 Å². The molecular formula is C12H16BrN3O. The van der Waals surface area contributed by atoms with Crippen LogP contribution in [0.25, 0.3) is 0 Å². The van der Waals surface area contributed by atoms with E-state index >= 15 is 0 Å². The number of likely N-dealkylation sites (N-methyl/N-ethyl adjacent to an activating group) is 1. The van der Waals surface area contributed by atoms with Gasteiger partial charge < -0.3 is 15.4 Å². The minimum absolute atomic E-state index is 0.174. The van der Waals surface area contributed by atoms with Crippen LogP contribution in [-0.2, 0) is 0 Å². The predicted octanol–water partition coefficient (Wildman–Crippen LogP) is 2.15. The minimum atomic E-state index is 0.174. The lowest BCUT2D eigenvalue weighted by atomic mass is 10.1. The van der Waals surface area contributed by atoms with Gasteiger partial charge in [-0.15, -0.1) is 0 Å². The van der Waals surface area contributed by atoms with Gasteiger partial charge in [0.15, 0.2) is 5.96 Å². The van der Waals surface area contributed by atoms with Crippen LogP contribution in [0.4, 0.5) is 0 Å². The molecule has 17 heavy (non-hydrogen) atoms. The van der Waals surface area contributed by atoms with Gasteiger partial charge in [0.05, 0.1) is 19.7 Å². The average molecular weight is 298 g/mol. The van der Waals surface area contributed by atoms with Crippen molar-refractivity contribution in [3.63, 3.8) is 0 Å². The Morgan fingerprint density at radius 1 is 1.59 bits per heavy atom. The highest BCUT2D eigenvalue weighted by molar-refractivity contribution is 9.10. The second-order valence-electron chi connectivity index (χ2n) is 3.89. The molecule has 92 valence electrons. The molecule has 0 spiro atoms. The van der Waals surface area contributed by atoms with Gasteiger partial charge in [0, 0.05) is 16.6 Å². The summed E-state index contributed by atoms with van der Waals surface area (Å²) in [7, 11) is 1.68. The van der Waals surface area contributed by atoms with E-state index in [4.69, 9.17) is 10.5 Å². The summed E-state index contributed by atoms with van der Waals surface area (Å²) in [5, 5.41) is 0. The lowest BCUT2D eigenvalue weighted by Gasteiger charge is -2.26. The molecule has 0 saturated carbocycles. The number of nitrogens with two attached hydrogens (primary N) is 1. The van der Waals surface area contributed by atoms with Crippen molar-refractivity contribution >= 4 is 21.9 Å². The van der Waals surface area contributed by atoms with Gasteiger partial charge in [-0.2, -0.15) is 0 Å². The molecular weight excluding hydrogens is 282 g/mol. The van der Waals surface area contributed by atoms with Crippen molar-refractivity contribution in [2.24, 2.45) is 10.7 Å². The Hall–Kier alpha value is -1.23. The van der Waals surface area contributed by atoms with E-state index in [1.807, 2.05) is 12.1 Å². The van der Waals surface area contributed by atoms with Crippen LogP contribution >= 0.6 is 15.9 Å². The standard InChI is InChI=1S/C12H16BrN3O/c1-3-16-10(7-15-12(16)14)9-6-8(13)4-5-11(9)17-2/h4-6,10H,3,7H2,1-2H3,(H2,14,15). The van der Waals surface area contributed by atoms with E-state index in [0.29, 0.717) is 12.5 Å². The van der Waals surface area contributed by atoms with Gasteiger partial charge >= 0.3 is 0 Å². The molecule has 1 unspecified atom stereocenters. The zero-order valence-corrected chi connectivity index (χ0v) is 11.6. The lowest BCUT2D eigenvalue weighted by Crippen LogP contribution is -2.35. The van der Waals surface area contributed by atoms with E-state index in [2.05, 4.69) is 38.8 Å². The van der Waals surface area contributed by atoms with Crippen LogP contribution in [-0.4, -0.2) is 31.1 Å². The molecule has 0 aliphatic carbocycles. The number of hydrogen-bond acceptors (Lipinski definition) is 4. The molecule has 1 atom stereocenters. The third-order valence-electron chi connectivity index (χ3n) is 2.99. The highest BCUT2D eigenvalue weighted by Gasteiger charge is 2.28. The summed E-state index contributed by atoms with van der Waals surface area (Å²) in [6.45, 7) is 3.60. The Labute approximate surface area is 110 Å². The Kier molecular flexibility index (Phi) is 3.57. The molecule has 1 aromatic carbocycles. The summed E-state index contributed by atoms with van der Waals surface area (Å²) < 4.78 is 6.44. The zero-order chi connectivity index (χ0) is 12.4. The normalized spacial score (nSPS) is 19.4. The van der Waals surface area contributed by atoms with E-state index in [1.165, 1.54) is 0 Å². The second kappa shape index (κ2) is 4.96. The maximum absolute atomic E-state index is 5.87. The molecule has 4 nitrogen and oxygen atoms in total. The lowest BCUT2D eigenvalue weighted by molar-refractivity contribution is 0.343. The number of nitrogens with zero attached hydrogens (tertiary/aromatic N) is 2. The number of ether oxygens (including phenoxy) is 1. The van der Waals surface area contributed by atoms with Gasteiger partial charge in [-0.3, -0.25) is 4.99 Å². The predicted molar refractivity (Wildman–Crippen MR) is 72.3 cm³/mol. The van der Waals surface area contributed by atoms with Gasteiger partial charge in [-0.1, -0.05) is 15.9 Å². The number of guanidine groups is 1. The first-order valence-electron chi connectivity index (χ1n) is 5.57. The molecule has 1 aromatic rings. The van der Waals surface area contributed by atoms with Crippen molar-refractivity contribution in [2.45, 2.75) is 13.0 Å². The van der Waals surface area contributed by atoms with Gasteiger partial charge in [0.25, 0.3) is 0 Å². The summed E-state index contributed by atoms with van der Waals surface area (Å²) in [6, 6.07) is 6.17. The minimum Gasteiger partial charge on any atom is -0.496 e. The van der Waals surface area contributed by atoms with Crippen LogP contribution in [0.3, 0.4) is 0 Å². The number of methoxy groups -OCH3 is 1. The Morgan fingerprint density at radius 2 is 2.35 bits per heavy atom. The summed E-state index contributed by atoms with van der Waals surface area (Å²) in [6.07, 6.45) is 0. The summed E-state index contributed by atoms with van der Waals surface area (Å²) in [4.78, 5) is 6.39. The summed E-state index contributed by atoms with van der Waals surface area (Å²) in [5.74, 6) is 1.49. The molecule has 1 heterocycles. The quantitative estimate of drug-likeness (QED) is 0.930. The van der Waals surface area contributed by atoms with Gasteiger partial charge in [-0.25, -0.2) is 0 Å². The van der Waals surface area contributed by atoms with Crippen molar-refractivity contribution in [1.29, 1.82) is 0 Å². The zero-order valence-electron chi connectivity index (χ0n) is 9.98. The highest BCUT2D eigenvalue weighted by Crippen LogP contribution is 2.34. The first-order valence-corrected chi connectivity index (χ1v) is 6.36. The fourth-order valence-electron chi connectivity index (χ4n) is 2.14. The molecule has 5 heteroatoms. The van der Waals surface area contributed by atoms with Gasteiger partial charge in [-0.05, 0) is 25.1 Å². The molecule has 2 N–H and O–H groups in total. The van der Waals surface area contributed by atoms with Crippen LogP contribution in [0.5, 0.6) is 5.75 Å². The Balaban J connectivity index is 2.37. The molecule has 0 bridgehead atoms. The van der Waals surface area contributed by atoms with E-state index in [-0.39, 0.29) is 6.04 Å². The molecule has 2 rings (SSSR count). The van der Waals surface area contributed by atoms with Crippen molar-refractivity contribution in [1.82, 2.24) is 4.90 Å². The van der Waals surface area contributed by atoms with Crippen molar-refractivity contribution in [2.75, 3.05) is 20.2 Å². The average Bonchev–Trinajstić information content (AvgIpc) is 2.70. The van der Waals surface area contributed by atoms with Crippen LogP contribution in [0.15, 0.2) is 27.7 Å². The van der Waals surface area contributed by atoms with Crippen LogP contribution < -0.4 is 10.5 Å². The largest absolute Gasteiger partial charge is 0.496 e. The fraction of sp³-hybridized carbons (Fsp3) is 0.417. The van der Waals surface area contributed by atoms with Crippen LogP contribution in [0.1, 0.15) is 18.5 Å². The Bertz CT molecular complexity index is 447. The maximum atomic E-state index is 5.87. The number of hydrogen-bond donors (Lipinski definition) is 1. The smallest absolute Gasteiger partial charge is 0.191 e. The van der Waals surface area contributed by atoms with E-state index in [1.54, 1.807) is 7.11 Å². The highest BCUT2D eigenvalue weighted by atomic mass is 79.9. The number of halogens is 1. The summed E-state index contributed by atoms with van der Waals surface area (Å²) in [5.41, 5.74) is 6.99. The first kappa shape index (κ1) is 12.2. The van der Waals surface area contributed by atoms with E-state index < -0.39 is 0 Å². The Morgan fingerprint density at radius 3 is 3.00 bits per heavy atom. The molecule has 0 fully saturated rings.